The highest BCUT2D eigenvalue weighted by Gasteiger charge is 1.99. The van der Waals surface area contributed by atoms with Gasteiger partial charge in [0.15, 0.2) is 0 Å². The number of allylic oxidation sites excluding steroid dienone is 1. The summed E-state index contributed by atoms with van der Waals surface area (Å²) in [6.07, 6.45) is 7.98. The summed E-state index contributed by atoms with van der Waals surface area (Å²) in [5.41, 5.74) is 6.02. The quantitative estimate of drug-likeness (QED) is 0.423. The maximum Gasteiger partial charge on any atom is 0.0274 e. The molecular formula is C21H34. The van der Waals surface area contributed by atoms with Crippen molar-refractivity contribution in [3.63, 3.8) is 0 Å². The molecule has 0 amide bonds. The van der Waals surface area contributed by atoms with Crippen LogP contribution in [0.1, 0.15) is 69.7 Å². The van der Waals surface area contributed by atoms with Gasteiger partial charge in [-0.2, -0.15) is 0 Å². The van der Waals surface area contributed by atoms with Crippen molar-refractivity contribution < 1.29 is 0 Å². The van der Waals surface area contributed by atoms with E-state index in [1.54, 1.807) is 0 Å². The third-order valence-electron chi connectivity index (χ3n) is 3.61. The minimum absolute atomic E-state index is 0.935. The van der Waals surface area contributed by atoms with Crippen LogP contribution in [0.2, 0.25) is 0 Å². The summed E-state index contributed by atoms with van der Waals surface area (Å²) in [5.74, 6) is 3.60. The van der Waals surface area contributed by atoms with Gasteiger partial charge < -0.3 is 0 Å². The summed E-state index contributed by atoms with van der Waals surface area (Å²) in [4.78, 5) is 0. The van der Waals surface area contributed by atoms with Gasteiger partial charge in [-0.1, -0.05) is 51.2 Å². The molecule has 1 rings (SSSR count). The Kier molecular flexibility index (Phi) is 12.7. The Bertz CT molecular complexity index is 450. The van der Waals surface area contributed by atoms with Crippen molar-refractivity contribution in [2.24, 2.45) is 5.92 Å². The molecule has 0 fully saturated rings. The molecule has 0 aliphatic carbocycles. The van der Waals surface area contributed by atoms with Gasteiger partial charge in [0.05, 0.1) is 0 Å². The molecule has 0 saturated heterocycles. The van der Waals surface area contributed by atoms with Gasteiger partial charge in [0.25, 0.3) is 0 Å². The Labute approximate surface area is 133 Å². The molecule has 0 aromatic heterocycles. The summed E-state index contributed by atoms with van der Waals surface area (Å²) >= 11 is 0. The number of benzene rings is 1. The molecular weight excluding hydrogens is 252 g/mol. The lowest BCUT2D eigenvalue weighted by molar-refractivity contribution is 0.544. The van der Waals surface area contributed by atoms with Gasteiger partial charge in [-0.15, -0.1) is 13.0 Å². The highest BCUT2D eigenvalue weighted by atomic mass is 14.0. The van der Waals surface area contributed by atoms with Crippen LogP contribution < -0.4 is 0 Å². The first-order valence-corrected chi connectivity index (χ1v) is 7.86. The van der Waals surface area contributed by atoms with E-state index in [2.05, 4.69) is 60.1 Å². The fraction of sp³-hybridized carbons (Fsp3) is 0.524. The van der Waals surface area contributed by atoms with Crippen LogP contribution >= 0.6 is 0 Å². The van der Waals surface area contributed by atoms with Crippen LogP contribution in [0.25, 0.3) is 0 Å². The van der Waals surface area contributed by atoms with Crippen LogP contribution in [0.5, 0.6) is 0 Å². The second kappa shape index (κ2) is 12.3. The highest BCUT2D eigenvalue weighted by molar-refractivity contribution is 5.46. The van der Waals surface area contributed by atoms with Crippen molar-refractivity contribution in [2.45, 2.75) is 68.2 Å². The van der Waals surface area contributed by atoms with Crippen LogP contribution in [0.15, 0.2) is 24.3 Å². The van der Waals surface area contributed by atoms with Gasteiger partial charge in [-0.25, -0.2) is 0 Å². The van der Waals surface area contributed by atoms with Crippen molar-refractivity contribution in [3.8, 4) is 12.3 Å². The van der Waals surface area contributed by atoms with Gasteiger partial charge in [-0.05, 0) is 63.3 Å². The number of hydrogen-bond acceptors (Lipinski definition) is 0. The second-order valence-corrected chi connectivity index (χ2v) is 5.95. The topological polar surface area (TPSA) is 0 Å². The Hall–Kier alpha value is -1.48. The van der Waals surface area contributed by atoms with Crippen LogP contribution in [0, 0.1) is 39.0 Å². The zero-order chi connectivity index (χ0) is 17.0. The van der Waals surface area contributed by atoms with Gasteiger partial charge in [-0.3, -0.25) is 0 Å². The fourth-order valence-corrected chi connectivity index (χ4v) is 1.40. The van der Waals surface area contributed by atoms with Crippen molar-refractivity contribution in [2.75, 3.05) is 0 Å². The SMILES string of the molecule is C#Cc1ccc(C)c(C)c1C.C=C(C)C.CCC(C)CC. The number of hydrogen-bond donors (Lipinski definition) is 0. The molecule has 0 radical (unpaired) electrons. The second-order valence-electron chi connectivity index (χ2n) is 5.95. The molecule has 21 heavy (non-hydrogen) atoms. The smallest absolute Gasteiger partial charge is 0.0274 e. The van der Waals surface area contributed by atoms with Crippen LogP contribution in [0.3, 0.4) is 0 Å². The van der Waals surface area contributed by atoms with Crippen molar-refractivity contribution in [3.05, 3.63) is 46.5 Å². The standard InChI is InChI=1S/C11H12.C6H14.C4H8/c1-5-11-7-6-8(2)9(3)10(11)4;1-4-6(3)5-2;1-4(2)3/h1,6-7H,2-4H3;6H,4-5H2,1-3H3;1H2,2-3H3. The molecule has 1 aromatic carbocycles. The molecule has 0 spiro atoms. The molecule has 0 unspecified atom stereocenters. The Balaban J connectivity index is 0. The van der Waals surface area contributed by atoms with E-state index in [1.807, 2.05) is 19.9 Å². The summed E-state index contributed by atoms with van der Waals surface area (Å²) in [6, 6.07) is 4.06. The predicted molar refractivity (Wildman–Crippen MR) is 98.8 cm³/mol. The average molecular weight is 287 g/mol. The van der Waals surface area contributed by atoms with Crippen molar-refractivity contribution in [1.29, 1.82) is 0 Å². The zero-order valence-electron chi connectivity index (χ0n) is 15.4. The van der Waals surface area contributed by atoms with Crippen LogP contribution in [-0.2, 0) is 0 Å². The molecule has 0 aliphatic heterocycles. The first kappa shape index (κ1) is 21.8. The molecule has 0 aliphatic rings. The van der Waals surface area contributed by atoms with E-state index >= 15 is 0 Å². The third-order valence-corrected chi connectivity index (χ3v) is 3.61. The Morgan fingerprint density at radius 3 is 1.81 bits per heavy atom. The molecule has 0 heteroatoms. The first-order chi connectivity index (χ1) is 9.70. The number of rotatable bonds is 2. The largest absolute Gasteiger partial charge is 0.115 e. The Morgan fingerprint density at radius 2 is 1.52 bits per heavy atom. The van der Waals surface area contributed by atoms with E-state index < -0.39 is 0 Å². The van der Waals surface area contributed by atoms with Crippen molar-refractivity contribution in [1.82, 2.24) is 0 Å². The lowest BCUT2D eigenvalue weighted by Crippen LogP contribution is -1.89. The van der Waals surface area contributed by atoms with Gasteiger partial charge in [0.2, 0.25) is 0 Å². The molecule has 0 saturated carbocycles. The van der Waals surface area contributed by atoms with Gasteiger partial charge in [0, 0.05) is 5.56 Å². The average Bonchev–Trinajstić information content (AvgIpc) is 2.44. The number of aryl methyl sites for hydroxylation is 1. The minimum Gasteiger partial charge on any atom is -0.115 e. The molecule has 0 bridgehead atoms. The van der Waals surface area contributed by atoms with E-state index in [4.69, 9.17) is 6.42 Å². The lowest BCUT2D eigenvalue weighted by Gasteiger charge is -2.05. The normalized spacial score (nSPS) is 8.95. The lowest BCUT2D eigenvalue weighted by atomic mass is 9.99. The van der Waals surface area contributed by atoms with E-state index in [-0.39, 0.29) is 0 Å². The third kappa shape index (κ3) is 10.9. The zero-order valence-corrected chi connectivity index (χ0v) is 15.4. The Morgan fingerprint density at radius 1 is 1.10 bits per heavy atom. The van der Waals surface area contributed by atoms with Crippen LogP contribution in [-0.4, -0.2) is 0 Å². The number of terminal acetylenes is 1. The van der Waals surface area contributed by atoms with Crippen molar-refractivity contribution >= 4 is 0 Å². The summed E-state index contributed by atoms with van der Waals surface area (Å²) < 4.78 is 0. The maximum atomic E-state index is 5.32. The van der Waals surface area contributed by atoms with Crippen LogP contribution in [0.4, 0.5) is 0 Å². The first-order valence-electron chi connectivity index (χ1n) is 7.86. The molecule has 0 nitrogen and oxygen atoms in total. The summed E-state index contributed by atoms with van der Waals surface area (Å²) in [5, 5.41) is 0. The maximum absolute atomic E-state index is 5.32. The predicted octanol–water partition coefficient (Wildman–Crippen LogP) is 6.62. The van der Waals surface area contributed by atoms with E-state index in [9.17, 15) is 0 Å². The summed E-state index contributed by atoms with van der Waals surface area (Å²) in [6.45, 7) is 20.5. The molecule has 1 aromatic rings. The molecule has 0 atom stereocenters. The van der Waals surface area contributed by atoms with E-state index in [1.165, 1.54) is 35.1 Å². The fourth-order valence-electron chi connectivity index (χ4n) is 1.40. The van der Waals surface area contributed by atoms with Gasteiger partial charge >= 0.3 is 0 Å². The molecule has 0 N–H and O–H groups in total. The summed E-state index contributed by atoms with van der Waals surface area (Å²) in [7, 11) is 0. The van der Waals surface area contributed by atoms with Gasteiger partial charge in [0.1, 0.15) is 0 Å². The molecule has 118 valence electrons. The van der Waals surface area contributed by atoms with E-state index in [0.29, 0.717) is 0 Å². The molecule has 0 heterocycles. The minimum atomic E-state index is 0.935. The monoisotopic (exact) mass is 286 g/mol. The van der Waals surface area contributed by atoms with E-state index in [0.717, 1.165) is 11.5 Å². The highest BCUT2D eigenvalue weighted by Crippen LogP contribution is 2.15.